The molecule has 0 bridgehead atoms. The standard InChI is InChI=1S/C8H9FN6/c9-4-2-1-3-5(10)6(4)7-13-14-8(11)15(7)12/h1-3H,10,12H2,(H2,11,14). The van der Waals surface area contributed by atoms with Crippen molar-refractivity contribution in [2.45, 2.75) is 0 Å². The van der Waals surface area contributed by atoms with Gasteiger partial charge in [0.25, 0.3) is 0 Å². The van der Waals surface area contributed by atoms with Crippen LogP contribution in [-0.2, 0) is 0 Å². The van der Waals surface area contributed by atoms with Gasteiger partial charge in [-0.05, 0) is 12.1 Å². The summed E-state index contributed by atoms with van der Waals surface area (Å²) in [4.78, 5) is 0. The number of hydrogen-bond donors (Lipinski definition) is 3. The number of nitrogens with two attached hydrogens (primary N) is 3. The summed E-state index contributed by atoms with van der Waals surface area (Å²) < 4.78 is 14.4. The van der Waals surface area contributed by atoms with E-state index < -0.39 is 5.82 Å². The van der Waals surface area contributed by atoms with Gasteiger partial charge in [-0.1, -0.05) is 6.07 Å². The van der Waals surface area contributed by atoms with Gasteiger partial charge in [0.15, 0.2) is 5.82 Å². The molecule has 0 saturated carbocycles. The predicted octanol–water partition coefficient (Wildman–Crippen LogP) is -0.0376. The van der Waals surface area contributed by atoms with Crippen LogP contribution in [0.2, 0.25) is 0 Å². The molecule has 0 unspecified atom stereocenters. The highest BCUT2D eigenvalue weighted by atomic mass is 19.1. The maximum absolute atomic E-state index is 13.5. The van der Waals surface area contributed by atoms with Crippen molar-refractivity contribution < 1.29 is 4.39 Å². The van der Waals surface area contributed by atoms with E-state index in [1.165, 1.54) is 12.1 Å². The van der Waals surface area contributed by atoms with Crippen molar-refractivity contribution in [3.8, 4) is 11.4 Å². The molecule has 0 aliphatic carbocycles. The molecule has 0 atom stereocenters. The molecule has 0 radical (unpaired) electrons. The first kappa shape index (κ1) is 9.25. The average Bonchev–Trinajstić information content (AvgIpc) is 2.49. The second kappa shape index (κ2) is 3.12. The molecule has 6 nitrogen and oxygen atoms in total. The number of aromatic nitrogens is 3. The minimum Gasteiger partial charge on any atom is -0.398 e. The van der Waals surface area contributed by atoms with E-state index in [2.05, 4.69) is 10.2 Å². The van der Waals surface area contributed by atoms with E-state index in [4.69, 9.17) is 17.3 Å². The first-order valence-electron chi connectivity index (χ1n) is 4.11. The van der Waals surface area contributed by atoms with Gasteiger partial charge in [0.1, 0.15) is 5.82 Å². The van der Waals surface area contributed by atoms with Gasteiger partial charge in [0.2, 0.25) is 5.95 Å². The monoisotopic (exact) mass is 208 g/mol. The zero-order chi connectivity index (χ0) is 11.0. The van der Waals surface area contributed by atoms with E-state index in [0.29, 0.717) is 0 Å². The summed E-state index contributed by atoms with van der Waals surface area (Å²) in [6.45, 7) is 0. The van der Waals surface area contributed by atoms with Crippen LogP contribution in [0.25, 0.3) is 11.4 Å². The molecule has 0 amide bonds. The molecule has 15 heavy (non-hydrogen) atoms. The fourth-order valence-corrected chi connectivity index (χ4v) is 1.25. The van der Waals surface area contributed by atoms with Crippen molar-refractivity contribution in [3.05, 3.63) is 24.0 Å². The van der Waals surface area contributed by atoms with Gasteiger partial charge in [-0.3, -0.25) is 0 Å². The lowest BCUT2D eigenvalue weighted by Crippen LogP contribution is -2.14. The minimum atomic E-state index is -0.519. The number of nitrogens with zero attached hydrogens (tertiary/aromatic N) is 3. The lowest BCUT2D eigenvalue weighted by atomic mass is 10.1. The molecule has 6 N–H and O–H groups in total. The molecule has 78 valence electrons. The highest BCUT2D eigenvalue weighted by Gasteiger charge is 2.16. The highest BCUT2D eigenvalue weighted by Crippen LogP contribution is 2.26. The third-order valence-corrected chi connectivity index (χ3v) is 1.99. The van der Waals surface area contributed by atoms with Crippen LogP contribution in [0.1, 0.15) is 0 Å². The molecule has 0 saturated heterocycles. The van der Waals surface area contributed by atoms with Gasteiger partial charge < -0.3 is 17.3 Å². The second-order valence-electron chi connectivity index (χ2n) is 2.96. The summed E-state index contributed by atoms with van der Waals surface area (Å²) in [6.07, 6.45) is 0. The van der Waals surface area contributed by atoms with Crippen molar-refractivity contribution in [2.24, 2.45) is 0 Å². The molecule has 1 aromatic carbocycles. The molecule has 2 rings (SSSR count). The summed E-state index contributed by atoms with van der Waals surface area (Å²) in [5.74, 6) is 5.09. The minimum absolute atomic E-state index is 0.00680. The molecule has 7 heteroatoms. The normalized spacial score (nSPS) is 10.5. The lowest BCUT2D eigenvalue weighted by Gasteiger charge is -2.05. The highest BCUT2D eigenvalue weighted by molar-refractivity contribution is 5.72. The Hall–Kier alpha value is -2.31. The SMILES string of the molecule is Nc1cccc(F)c1-c1nnc(N)n1N. The number of hydrogen-bond acceptors (Lipinski definition) is 5. The van der Waals surface area contributed by atoms with Gasteiger partial charge in [0, 0.05) is 5.69 Å². The smallest absolute Gasteiger partial charge is 0.241 e. The quantitative estimate of drug-likeness (QED) is 0.450. The molecular formula is C8H9FN6. The van der Waals surface area contributed by atoms with Gasteiger partial charge in [-0.25, -0.2) is 9.07 Å². The van der Waals surface area contributed by atoms with Crippen molar-refractivity contribution in [1.82, 2.24) is 14.9 Å². The molecule has 1 aromatic heterocycles. The van der Waals surface area contributed by atoms with Crippen LogP contribution in [-0.4, -0.2) is 14.9 Å². The third kappa shape index (κ3) is 1.33. The van der Waals surface area contributed by atoms with Gasteiger partial charge in [0.05, 0.1) is 5.56 Å². The Morgan fingerprint density at radius 2 is 1.93 bits per heavy atom. The Labute approximate surface area is 84.5 Å². The average molecular weight is 208 g/mol. The van der Waals surface area contributed by atoms with Gasteiger partial charge in [-0.15, -0.1) is 10.2 Å². The second-order valence-corrected chi connectivity index (χ2v) is 2.96. The van der Waals surface area contributed by atoms with Crippen LogP contribution in [0.3, 0.4) is 0 Å². The van der Waals surface area contributed by atoms with Crippen LogP contribution in [0.4, 0.5) is 16.0 Å². The topological polar surface area (TPSA) is 109 Å². The van der Waals surface area contributed by atoms with E-state index in [1.807, 2.05) is 0 Å². The summed E-state index contributed by atoms with van der Waals surface area (Å²) >= 11 is 0. The fraction of sp³-hybridized carbons (Fsp3) is 0. The molecule has 2 aromatic rings. The molecule has 0 spiro atoms. The third-order valence-electron chi connectivity index (χ3n) is 1.99. The summed E-state index contributed by atoms with van der Waals surface area (Å²) in [5, 5.41) is 7.17. The number of benzene rings is 1. The molecule has 0 aliphatic rings. The van der Waals surface area contributed by atoms with Crippen molar-refractivity contribution in [2.75, 3.05) is 17.3 Å². The van der Waals surface area contributed by atoms with E-state index in [9.17, 15) is 4.39 Å². The zero-order valence-corrected chi connectivity index (χ0v) is 7.68. The van der Waals surface area contributed by atoms with Crippen LogP contribution in [0.5, 0.6) is 0 Å². The summed E-state index contributed by atoms with van der Waals surface area (Å²) in [7, 11) is 0. The van der Waals surface area contributed by atoms with E-state index in [0.717, 1.165) is 4.68 Å². The largest absolute Gasteiger partial charge is 0.398 e. The predicted molar refractivity (Wildman–Crippen MR) is 54.4 cm³/mol. The Balaban J connectivity index is 2.69. The molecular weight excluding hydrogens is 199 g/mol. The van der Waals surface area contributed by atoms with E-state index in [1.54, 1.807) is 6.07 Å². The Bertz CT molecular complexity index is 486. The Kier molecular flexibility index (Phi) is 1.93. The number of anilines is 2. The van der Waals surface area contributed by atoms with Crippen LogP contribution < -0.4 is 17.3 Å². The maximum atomic E-state index is 13.5. The summed E-state index contributed by atoms with van der Waals surface area (Å²) in [5.41, 5.74) is 11.3. The lowest BCUT2D eigenvalue weighted by molar-refractivity contribution is 0.630. The molecule has 0 fully saturated rings. The first-order valence-corrected chi connectivity index (χ1v) is 4.11. The first-order chi connectivity index (χ1) is 7.11. The Morgan fingerprint density at radius 1 is 1.20 bits per heavy atom. The van der Waals surface area contributed by atoms with Crippen LogP contribution >= 0.6 is 0 Å². The van der Waals surface area contributed by atoms with Gasteiger partial charge in [-0.2, -0.15) is 0 Å². The molecule has 1 heterocycles. The van der Waals surface area contributed by atoms with Crippen LogP contribution in [0.15, 0.2) is 18.2 Å². The summed E-state index contributed by atoms with van der Waals surface area (Å²) in [6, 6.07) is 4.30. The van der Waals surface area contributed by atoms with Crippen molar-refractivity contribution in [3.63, 3.8) is 0 Å². The van der Waals surface area contributed by atoms with E-state index in [-0.39, 0.29) is 23.0 Å². The zero-order valence-electron chi connectivity index (χ0n) is 7.68. The molecule has 0 aliphatic heterocycles. The van der Waals surface area contributed by atoms with Crippen molar-refractivity contribution >= 4 is 11.6 Å². The number of halogens is 1. The van der Waals surface area contributed by atoms with Gasteiger partial charge >= 0.3 is 0 Å². The van der Waals surface area contributed by atoms with Crippen LogP contribution in [0, 0.1) is 5.82 Å². The van der Waals surface area contributed by atoms with E-state index >= 15 is 0 Å². The number of nitrogen functional groups attached to an aromatic ring is 3. The number of rotatable bonds is 1. The Morgan fingerprint density at radius 3 is 2.47 bits per heavy atom. The van der Waals surface area contributed by atoms with Crippen molar-refractivity contribution in [1.29, 1.82) is 0 Å². The maximum Gasteiger partial charge on any atom is 0.241 e. The fourth-order valence-electron chi connectivity index (χ4n) is 1.25.